The zero-order valence-corrected chi connectivity index (χ0v) is 17.1. The van der Waals surface area contributed by atoms with Gasteiger partial charge in [-0.1, -0.05) is 0 Å². The van der Waals surface area contributed by atoms with Gasteiger partial charge in [0.25, 0.3) is 5.91 Å². The molecule has 0 aliphatic heterocycles. The van der Waals surface area contributed by atoms with Crippen molar-refractivity contribution in [2.75, 3.05) is 29.7 Å². The third-order valence-electron chi connectivity index (χ3n) is 4.40. The molecule has 0 saturated heterocycles. The van der Waals surface area contributed by atoms with Gasteiger partial charge in [-0.05, 0) is 42.5 Å². The van der Waals surface area contributed by atoms with Crippen LogP contribution in [-0.4, -0.2) is 36.0 Å². The van der Waals surface area contributed by atoms with Crippen LogP contribution in [0.15, 0.2) is 48.7 Å². The summed E-state index contributed by atoms with van der Waals surface area (Å²) in [4.78, 5) is 35.6. The minimum Gasteiger partial charge on any atom is -0.383 e. The molecule has 0 radical (unpaired) electrons. The van der Waals surface area contributed by atoms with Crippen molar-refractivity contribution in [2.24, 2.45) is 0 Å². The van der Waals surface area contributed by atoms with Gasteiger partial charge in [-0.15, -0.1) is 0 Å². The summed E-state index contributed by atoms with van der Waals surface area (Å²) in [5, 5.41) is 9.14. The van der Waals surface area contributed by atoms with Gasteiger partial charge in [0.05, 0.1) is 6.61 Å². The Bertz CT molecular complexity index is 1070. The Morgan fingerprint density at radius 2 is 1.53 bits per heavy atom. The summed E-state index contributed by atoms with van der Waals surface area (Å²) in [6.45, 7) is 4.11. The van der Waals surface area contributed by atoms with Crippen molar-refractivity contribution in [3.05, 3.63) is 54.2 Å². The molecule has 2 aromatic carbocycles. The summed E-state index contributed by atoms with van der Waals surface area (Å²) in [6, 6.07) is 12.3. The molecule has 156 valence electrons. The van der Waals surface area contributed by atoms with E-state index in [0.717, 1.165) is 17.4 Å². The number of fused-ring (bicyclic) bond motifs is 1. The van der Waals surface area contributed by atoms with E-state index < -0.39 is 0 Å². The van der Waals surface area contributed by atoms with Gasteiger partial charge in [-0.25, -0.2) is 0 Å². The summed E-state index contributed by atoms with van der Waals surface area (Å²) < 4.78 is 7.21. The maximum absolute atomic E-state index is 12.8. The molecule has 1 aromatic heterocycles. The molecule has 30 heavy (non-hydrogen) atoms. The van der Waals surface area contributed by atoms with Crippen LogP contribution < -0.4 is 16.0 Å². The number of aromatic nitrogens is 1. The van der Waals surface area contributed by atoms with E-state index >= 15 is 0 Å². The molecular formula is C22H24N4O4. The molecule has 0 fully saturated rings. The van der Waals surface area contributed by atoms with Crippen molar-refractivity contribution in [2.45, 2.75) is 20.4 Å². The van der Waals surface area contributed by atoms with Crippen LogP contribution in [0, 0.1) is 0 Å². The van der Waals surface area contributed by atoms with Crippen molar-refractivity contribution in [3.63, 3.8) is 0 Å². The Hall–Kier alpha value is -3.65. The number of amides is 3. The lowest BCUT2D eigenvalue weighted by Crippen LogP contribution is -2.15. The zero-order valence-electron chi connectivity index (χ0n) is 17.1. The monoisotopic (exact) mass is 408 g/mol. The van der Waals surface area contributed by atoms with E-state index in [-0.39, 0.29) is 17.7 Å². The van der Waals surface area contributed by atoms with Crippen molar-refractivity contribution in [3.8, 4) is 0 Å². The average Bonchev–Trinajstić information content (AvgIpc) is 3.07. The first-order valence-electron chi connectivity index (χ1n) is 9.45. The number of carbonyl (C=O) groups is 3. The van der Waals surface area contributed by atoms with Gasteiger partial charge in [0.2, 0.25) is 11.8 Å². The Morgan fingerprint density at radius 3 is 2.13 bits per heavy atom. The molecule has 0 aliphatic rings. The summed E-state index contributed by atoms with van der Waals surface area (Å²) in [7, 11) is 1.66. The summed E-state index contributed by atoms with van der Waals surface area (Å²) >= 11 is 0. The van der Waals surface area contributed by atoms with E-state index in [1.807, 2.05) is 30.5 Å². The number of ether oxygens (including phenoxy) is 1. The predicted molar refractivity (Wildman–Crippen MR) is 117 cm³/mol. The third kappa shape index (κ3) is 5.24. The van der Waals surface area contributed by atoms with Crippen LogP contribution in [0.25, 0.3) is 10.9 Å². The highest BCUT2D eigenvalue weighted by Crippen LogP contribution is 2.23. The topological polar surface area (TPSA) is 101 Å². The number of hydrogen-bond acceptors (Lipinski definition) is 4. The molecule has 0 spiro atoms. The first-order chi connectivity index (χ1) is 14.4. The fraction of sp³-hybridized carbons (Fsp3) is 0.227. The van der Waals surface area contributed by atoms with E-state index in [0.29, 0.717) is 29.2 Å². The van der Waals surface area contributed by atoms with Gasteiger partial charge in [-0.3, -0.25) is 14.4 Å². The highest BCUT2D eigenvalue weighted by Gasteiger charge is 2.12. The molecule has 8 nitrogen and oxygen atoms in total. The number of carbonyl (C=O) groups excluding carboxylic acids is 3. The number of hydrogen-bond donors (Lipinski definition) is 3. The van der Waals surface area contributed by atoms with Gasteiger partial charge >= 0.3 is 0 Å². The normalized spacial score (nSPS) is 10.6. The second-order valence-electron chi connectivity index (χ2n) is 6.89. The molecule has 3 aromatic rings. The fourth-order valence-corrected chi connectivity index (χ4v) is 3.18. The molecular weight excluding hydrogens is 384 g/mol. The van der Waals surface area contributed by atoms with Crippen LogP contribution in [0.4, 0.5) is 17.1 Å². The Morgan fingerprint density at radius 1 is 0.867 bits per heavy atom. The molecule has 0 saturated carbocycles. The van der Waals surface area contributed by atoms with E-state index in [1.165, 1.54) is 13.8 Å². The molecule has 0 unspecified atom stereocenters. The van der Waals surface area contributed by atoms with E-state index in [4.69, 9.17) is 4.74 Å². The number of nitrogens with zero attached hydrogens (tertiary/aromatic N) is 1. The second kappa shape index (κ2) is 9.23. The van der Waals surface area contributed by atoms with Crippen LogP contribution in [0.2, 0.25) is 0 Å². The second-order valence-corrected chi connectivity index (χ2v) is 6.89. The molecule has 0 bridgehead atoms. The van der Waals surface area contributed by atoms with Crippen LogP contribution >= 0.6 is 0 Å². The summed E-state index contributed by atoms with van der Waals surface area (Å²) in [6.07, 6.45) is 1.98. The molecule has 0 aliphatic carbocycles. The number of methoxy groups -OCH3 is 1. The number of benzene rings is 2. The minimum absolute atomic E-state index is 0.273. The van der Waals surface area contributed by atoms with E-state index in [2.05, 4.69) is 20.5 Å². The smallest absolute Gasteiger partial charge is 0.255 e. The van der Waals surface area contributed by atoms with Crippen LogP contribution in [0.5, 0.6) is 0 Å². The predicted octanol–water partition coefficient (Wildman–Crippen LogP) is 3.46. The lowest BCUT2D eigenvalue weighted by molar-refractivity contribution is -0.115. The van der Waals surface area contributed by atoms with Crippen LogP contribution in [0.1, 0.15) is 24.2 Å². The van der Waals surface area contributed by atoms with Crippen molar-refractivity contribution < 1.29 is 19.1 Å². The first-order valence-corrected chi connectivity index (χ1v) is 9.45. The Kier molecular flexibility index (Phi) is 6.48. The van der Waals surface area contributed by atoms with Gasteiger partial charge in [0.15, 0.2) is 0 Å². The molecule has 0 atom stereocenters. The van der Waals surface area contributed by atoms with Gasteiger partial charge in [0, 0.05) is 67.2 Å². The van der Waals surface area contributed by atoms with E-state index in [1.54, 1.807) is 25.3 Å². The fourth-order valence-electron chi connectivity index (χ4n) is 3.18. The maximum atomic E-state index is 12.8. The number of anilines is 3. The highest BCUT2D eigenvalue weighted by atomic mass is 16.5. The van der Waals surface area contributed by atoms with Crippen molar-refractivity contribution in [1.29, 1.82) is 0 Å². The number of nitrogens with one attached hydrogen (secondary N) is 3. The molecule has 3 N–H and O–H groups in total. The van der Waals surface area contributed by atoms with Crippen LogP contribution in [0.3, 0.4) is 0 Å². The molecule has 8 heteroatoms. The lowest BCUT2D eigenvalue weighted by Gasteiger charge is -2.11. The average molecular weight is 408 g/mol. The first kappa shape index (κ1) is 21.1. The zero-order chi connectivity index (χ0) is 21.7. The number of rotatable bonds is 7. The van der Waals surface area contributed by atoms with Gasteiger partial charge in [-0.2, -0.15) is 0 Å². The summed E-state index contributed by atoms with van der Waals surface area (Å²) in [5.74, 6) is -0.901. The molecule has 3 amide bonds. The van der Waals surface area contributed by atoms with Crippen molar-refractivity contribution in [1.82, 2.24) is 4.57 Å². The Labute approximate surface area is 174 Å². The van der Waals surface area contributed by atoms with E-state index in [9.17, 15) is 14.4 Å². The summed E-state index contributed by atoms with van der Waals surface area (Å²) in [5.41, 5.74) is 2.84. The van der Waals surface area contributed by atoms with Gasteiger partial charge in [0.1, 0.15) is 0 Å². The van der Waals surface area contributed by atoms with Gasteiger partial charge < -0.3 is 25.3 Å². The molecule has 1 heterocycles. The lowest BCUT2D eigenvalue weighted by atomic mass is 10.1. The third-order valence-corrected chi connectivity index (χ3v) is 4.40. The SMILES string of the molecule is COCCn1ccc2cc(NC(=O)c3cc(NC(C)=O)cc(NC(C)=O)c3)ccc21. The largest absolute Gasteiger partial charge is 0.383 e. The maximum Gasteiger partial charge on any atom is 0.255 e. The van der Waals surface area contributed by atoms with Crippen molar-refractivity contribution >= 4 is 45.7 Å². The minimum atomic E-state index is -0.355. The quantitative estimate of drug-likeness (QED) is 0.557. The molecule has 3 rings (SSSR count). The van der Waals surface area contributed by atoms with Crippen LogP contribution in [-0.2, 0) is 20.9 Å². The highest BCUT2D eigenvalue weighted by molar-refractivity contribution is 6.07. The Balaban J connectivity index is 1.83. The standard InChI is InChI=1S/C22H24N4O4/c1-14(27)23-19-11-17(12-20(13-19)24-15(2)28)22(29)25-18-4-5-21-16(10-18)6-7-26(21)8-9-30-3/h4-7,10-13H,8-9H2,1-3H3,(H,23,27)(H,24,28)(H,25,29).